The number of rotatable bonds is 3. The lowest BCUT2D eigenvalue weighted by atomic mass is 9.95. The van der Waals surface area contributed by atoms with Gasteiger partial charge in [0.25, 0.3) is 0 Å². The molecule has 0 spiro atoms. The number of hydrogen-bond donors (Lipinski definition) is 1. The van der Waals surface area contributed by atoms with E-state index in [0.29, 0.717) is 18.0 Å². The smallest absolute Gasteiger partial charge is 0.166 e. The first-order valence-electron chi connectivity index (χ1n) is 7.06. The molecule has 4 nitrogen and oxygen atoms in total. The summed E-state index contributed by atoms with van der Waals surface area (Å²) >= 11 is 0. The van der Waals surface area contributed by atoms with Crippen LogP contribution >= 0.6 is 0 Å². The maximum absolute atomic E-state index is 5.86. The van der Waals surface area contributed by atoms with E-state index in [1.54, 1.807) is 0 Å². The number of nitrogens with two attached hydrogens (primary N) is 1. The van der Waals surface area contributed by atoms with Gasteiger partial charge in [0.15, 0.2) is 5.82 Å². The maximum atomic E-state index is 5.86. The fourth-order valence-corrected chi connectivity index (χ4v) is 2.66. The molecule has 0 saturated heterocycles. The Morgan fingerprint density at radius 2 is 1.95 bits per heavy atom. The van der Waals surface area contributed by atoms with Gasteiger partial charge in [0, 0.05) is 11.4 Å². The molecule has 1 aromatic carbocycles. The molecule has 1 aliphatic rings. The van der Waals surface area contributed by atoms with E-state index in [0.717, 1.165) is 24.4 Å². The molecule has 0 aliphatic heterocycles. The minimum absolute atomic E-state index is 0.363. The van der Waals surface area contributed by atoms with Gasteiger partial charge in [-0.05, 0) is 50.3 Å². The van der Waals surface area contributed by atoms with Crippen LogP contribution in [0.1, 0.15) is 35.6 Å². The molecule has 0 amide bonds. The Bertz CT molecular complexity index is 625. The first-order valence-corrected chi connectivity index (χ1v) is 7.06. The third-order valence-electron chi connectivity index (χ3n) is 3.71. The molecule has 2 N–H and O–H groups in total. The second-order valence-electron chi connectivity index (χ2n) is 5.18. The van der Waals surface area contributed by atoms with Crippen molar-refractivity contribution < 1.29 is 4.74 Å². The number of ether oxygens (including phenoxy) is 1. The molecular formula is C16H19N3O. The van der Waals surface area contributed by atoms with Crippen molar-refractivity contribution in [2.24, 2.45) is 0 Å². The van der Waals surface area contributed by atoms with Crippen molar-refractivity contribution in [1.82, 2.24) is 9.97 Å². The molecule has 0 radical (unpaired) electrons. The number of para-hydroxylation sites is 2. The van der Waals surface area contributed by atoms with Gasteiger partial charge >= 0.3 is 0 Å². The molecule has 0 saturated carbocycles. The summed E-state index contributed by atoms with van der Waals surface area (Å²) in [7, 11) is 0. The van der Waals surface area contributed by atoms with E-state index in [4.69, 9.17) is 10.5 Å². The number of anilines is 1. The average molecular weight is 269 g/mol. The van der Waals surface area contributed by atoms with E-state index in [9.17, 15) is 0 Å². The van der Waals surface area contributed by atoms with Gasteiger partial charge in [-0.1, -0.05) is 12.1 Å². The standard InChI is InChI=1S/C16H19N3O/c1-11-12-6-2-4-8-14(12)19-16(18-11)10-20-15-9-5-3-7-13(15)17/h3,5,7,9H,2,4,6,8,10,17H2,1H3. The minimum Gasteiger partial charge on any atom is -0.483 e. The van der Waals surface area contributed by atoms with E-state index in [1.807, 2.05) is 24.3 Å². The van der Waals surface area contributed by atoms with Crippen molar-refractivity contribution in [2.45, 2.75) is 39.2 Å². The molecule has 3 rings (SSSR count). The van der Waals surface area contributed by atoms with E-state index >= 15 is 0 Å². The van der Waals surface area contributed by atoms with Crippen LogP contribution in [0.4, 0.5) is 5.69 Å². The third-order valence-corrected chi connectivity index (χ3v) is 3.71. The van der Waals surface area contributed by atoms with Crippen molar-refractivity contribution in [3.63, 3.8) is 0 Å². The lowest BCUT2D eigenvalue weighted by Gasteiger charge is -2.17. The number of aryl methyl sites for hydroxylation is 2. The topological polar surface area (TPSA) is 61.0 Å². The molecule has 1 heterocycles. The maximum Gasteiger partial charge on any atom is 0.166 e. The summed E-state index contributed by atoms with van der Waals surface area (Å²) in [5.74, 6) is 1.43. The molecule has 20 heavy (non-hydrogen) atoms. The van der Waals surface area contributed by atoms with E-state index < -0.39 is 0 Å². The largest absolute Gasteiger partial charge is 0.483 e. The van der Waals surface area contributed by atoms with Crippen LogP contribution in [0, 0.1) is 6.92 Å². The number of aromatic nitrogens is 2. The summed E-state index contributed by atoms with van der Waals surface area (Å²) in [5, 5.41) is 0. The molecule has 0 bridgehead atoms. The first-order chi connectivity index (χ1) is 9.74. The summed E-state index contributed by atoms with van der Waals surface area (Å²) in [4.78, 5) is 9.20. The molecule has 1 aromatic heterocycles. The number of nitrogen functional groups attached to an aromatic ring is 1. The molecule has 1 aliphatic carbocycles. The van der Waals surface area contributed by atoms with Gasteiger partial charge in [0.05, 0.1) is 5.69 Å². The molecule has 2 aromatic rings. The van der Waals surface area contributed by atoms with Crippen LogP contribution in [0.3, 0.4) is 0 Å². The van der Waals surface area contributed by atoms with Crippen molar-refractivity contribution >= 4 is 5.69 Å². The molecule has 0 unspecified atom stereocenters. The zero-order chi connectivity index (χ0) is 13.9. The summed E-state index contributed by atoms with van der Waals surface area (Å²) in [5.41, 5.74) is 10.1. The highest BCUT2D eigenvalue weighted by atomic mass is 16.5. The highest BCUT2D eigenvalue weighted by Gasteiger charge is 2.15. The Labute approximate surface area is 119 Å². The van der Waals surface area contributed by atoms with Crippen LogP contribution in [0.2, 0.25) is 0 Å². The van der Waals surface area contributed by atoms with Crippen LogP contribution < -0.4 is 10.5 Å². The SMILES string of the molecule is Cc1nc(COc2ccccc2N)nc2c1CCCC2. The Kier molecular flexibility index (Phi) is 3.54. The van der Waals surface area contributed by atoms with E-state index in [1.165, 1.54) is 24.1 Å². The third kappa shape index (κ3) is 2.59. The van der Waals surface area contributed by atoms with Gasteiger partial charge in [-0.25, -0.2) is 9.97 Å². The molecule has 0 fully saturated rings. The molecule has 4 heteroatoms. The van der Waals surface area contributed by atoms with Gasteiger partial charge in [0.2, 0.25) is 0 Å². The summed E-state index contributed by atoms with van der Waals surface area (Å²) < 4.78 is 5.72. The Balaban J connectivity index is 1.78. The lowest BCUT2D eigenvalue weighted by molar-refractivity contribution is 0.296. The van der Waals surface area contributed by atoms with Crippen LogP contribution in [0.5, 0.6) is 5.75 Å². The number of benzene rings is 1. The van der Waals surface area contributed by atoms with Gasteiger partial charge < -0.3 is 10.5 Å². The summed E-state index contributed by atoms with van der Waals surface area (Å²) in [6, 6.07) is 7.49. The Morgan fingerprint density at radius 1 is 1.15 bits per heavy atom. The normalized spacial score (nSPS) is 13.8. The lowest BCUT2D eigenvalue weighted by Crippen LogP contribution is -2.13. The Morgan fingerprint density at radius 3 is 2.80 bits per heavy atom. The molecule has 104 valence electrons. The number of hydrogen-bond acceptors (Lipinski definition) is 4. The molecule has 0 atom stereocenters. The van der Waals surface area contributed by atoms with Gasteiger partial charge in [-0.3, -0.25) is 0 Å². The highest BCUT2D eigenvalue weighted by Crippen LogP contribution is 2.23. The number of nitrogens with zero attached hydrogens (tertiary/aromatic N) is 2. The fraction of sp³-hybridized carbons (Fsp3) is 0.375. The number of fused-ring (bicyclic) bond motifs is 1. The van der Waals surface area contributed by atoms with E-state index in [2.05, 4.69) is 16.9 Å². The zero-order valence-electron chi connectivity index (χ0n) is 11.7. The first kappa shape index (κ1) is 12.9. The highest BCUT2D eigenvalue weighted by molar-refractivity contribution is 5.51. The second-order valence-corrected chi connectivity index (χ2v) is 5.18. The van der Waals surface area contributed by atoms with Crippen molar-refractivity contribution in [3.8, 4) is 5.75 Å². The van der Waals surface area contributed by atoms with Crippen molar-refractivity contribution in [1.29, 1.82) is 0 Å². The van der Waals surface area contributed by atoms with Gasteiger partial charge in [0.1, 0.15) is 12.4 Å². The quantitative estimate of drug-likeness (QED) is 0.870. The zero-order valence-corrected chi connectivity index (χ0v) is 11.7. The van der Waals surface area contributed by atoms with Crippen LogP contribution in [0.25, 0.3) is 0 Å². The van der Waals surface area contributed by atoms with Crippen LogP contribution in [-0.4, -0.2) is 9.97 Å². The van der Waals surface area contributed by atoms with Gasteiger partial charge in [-0.15, -0.1) is 0 Å². The Hall–Kier alpha value is -2.10. The summed E-state index contributed by atoms with van der Waals surface area (Å²) in [6.07, 6.45) is 4.62. The molecular weight excluding hydrogens is 250 g/mol. The second kappa shape index (κ2) is 5.49. The predicted octanol–water partition coefficient (Wildman–Crippen LogP) is 2.83. The predicted molar refractivity (Wildman–Crippen MR) is 78.6 cm³/mol. The van der Waals surface area contributed by atoms with Gasteiger partial charge in [-0.2, -0.15) is 0 Å². The minimum atomic E-state index is 0.363. The van der Waals surface area contributed by atoms with Crippen molar-refractivity contribution in [2.75, 3.05) is 5.73 Å². The van der Waals surface area contributed by atoms with E-state index in [-0.39, 0.29) is 0 Å². The fourth-order valence-electron chi connectivity index (χ4n) is 2.66. The average Bonchev–Trinajstić information content (AvgIpc) is 2.46. The van der Waals surface area contributed by atoms with Crippen LogP contribution in [-0.2, 0) is 19.4 Å². The van der Waals surface area contributed by atoms with Crippen molar-refractivity contribution in [3.05, 3.63) is 47.0 Å². The van der Waals surface area contributed by atoms with Crippen LogP contribution in [0.15, 0.2) is 24.3 Å². The summed E-state index contributed by atoms with van der Waals surface area (Å²) in [6.45, 7) is 2.43. The monoisotopic (exact) mass is 269 g/mol.